The van der Waals surface area contributed by atoms with E-state index in [1.165, 1.54) is 21.8 Å². The fourth-order valence-electron chi connectivity index (χ4n) is 2.67. The summed E-state index contributed by atoms with van der Waals surface area (Å²) < 4.78 is 40.7. The fraction of sp³-hybridized carbons (Fsp3) is 0.200. The Morgan fingerprint density at radius 3 is 2.74 bits per heavy atom. The Balaban J connectivity index is 1.77. The summed E-state index contributed by atoms with van der Waals surface area (Å²) in [6.45, 7) is 1.67. The minimum Gasteiger partial charge on any atom is -0.343 e. The Kier molecular flexibility index (Phi) is 4.07. The molecule has 1 N–H and O–H groups in total. The summed E-state index contributed by atoms with van der Waals surface area (Å²) in [5.74, 6) is 0.528. The van der Waals surface area contributed by atoms with Crippen LogP contribution in [-0.2, 0) is 12.7 Å². The number of rotatable bonds is 3. The van der Waals surface area contributed by atoms with Gasteiger partial charge in [-0.2, -0.15) is 18.3 Å². The molecular weight excluding hydrogens is 405 g/mol. The van der Waals surface area contributed by atoms with Crippen molar-refractivity contribution in [2.24, 2.45) is 0 Å². The van der Waals surface area contributed by atoms with E-state index >= 15 is 0 Å². The summed E-state index contributed by atoms with van der Waals surface area (Å²) >= 11 is 7.11. The second kappa shape index (κ2) is 6.20. The Hall–Kier alpha value is -2.66. The van der Waals surface area contributed by atoms with Crippen molar-refractivity contribution < 1.29 is 13.2 Å². The molecule has 0 radical (unpaired) electrons. The van der Waals surface area contributed by atoms with E-state index in [2.05, 4.69) is 20.1 Å². The van der Waals surface area contributed by atoms with E-state index in [0.29, 0.717) is 16.5 Å². The molecule has 4 aromatic rings. The maximum Gasteiger partial charge on any atom is 0.435 e. The van der Waals surface area contributed by atoms with Gasteiger partial charge in [0.2, 0.25) is 0 Å². The minimum absolute atomic E-state index is 0.159. The number of aryl methyl sites for hydroxylation is 1. The number of aromatic amines is 1. The number of fused-ring (bicyclic) bond motifs is 1. The molecule has 27 heavy (non-hydrogen) atoms. The first-order valence-electron chi connectivity index (χ1n) is 7.56. The summed E-state index contributed by atoms with van der Waals surface area (Å²) in [6, 6.07) is 1.98. The summed E-state index contributed by atoms with van der Waals surface area (Å²) in [4.78, 5) is 25.3. The van der Waals surface area contributed by atoms with Gasteiger partial charge < -0.3 is 4.98 Å². The minimum atomic E-state index is -4.60. The number of hydrogen-bond donors (Lipinski definition) is 1. The average Bonchev–Trinajstić information content (AvgIpc) is 3.26. The van der Waals surface area contributed by atoms with Gasteiger partial charge in [0.1, 0.15) is 10.8 Å². The molecule has 0 bridgehead atoms. The van der Waals surface area contributed by atoms with Crippen molar-refractivity contribution in [3.63, 3.8) is 0 Å². The van der Waals surface area contributed by atoms with Gasteiger partial charge >= 0.3 is 6.18 Å². The highest BCUT2D eigenvalue weighted by atomic mass is 35.5. The lowest BCUT2D eigenvalue weighted by atomic mass is 10.3. The maximum atomic E-state index is 12.8. The summed E-state index contributed by atoms with van der Waals surface area (Å²) in [5.41, 5.74) is -0.617. The third-order valence-electron chi connectivity index (χ3n) is 3.80. The Bertz CT molecular complexity index is 1190. The highest BCUT2D eigenvalue weighted by Crippen LogP contribution is 2.30. The monoisotopic (exact) mass is 414 g/mol. The zero-order valence-corrected chi connectivity index (χ0v) is 15.2. The van der Waals surface area contributed by atoms with E-state index in [0.717, 1.165) is 15.6 Å². The number of alkyl halides is 3. The molecule has 0 saturated carbocycles. The van der Waals surface area contributed by atoms with Crippen molar-refractivity contribution in [3.05, 3.63) is 56.3 Å². The molecule has 140 valence electrons. The Morgan fingerprint density at radius 2 is 2.11 bits per heavy atom. The van der Waals surface area contributed by atoms with Crippen molar-refractivity contribution in [3.8, 4) is 11.5 Å². The van der Waals surface area contributed by atoms with Crippen molar-refractivity contribution in [1.82, 2.24) is 29.1 Å². The van der Waals surface area contributed by atoms with Crippen LogP contribution in [0.25, 0.3) is 16.5 Å². The zero-order chi connectivity index (χ0) is 19.3. The van der Waals surface area contributed by atoms with Crippen LogP contribution in [0.3, 0.4) is 0 Å². The van der Waals surface area contributed by atoms with Crippen LogP contribution in [0.2, 0.25) is 5.15 Å². The largest absolute Gasteiger partial charge is 0.435 e. The van der Waals surface area contributed by atoms with Gasteiger partial charge in [0.25, 0.3) is 5.56 Å². The van der Waals surface area contributed by atoms with Crippen molar-refractivity contribution >= 4 is 27.9 Å². The molecule has 4 aromatic heterocycles. The third-order valence-corrected chi connectivity index (χ3v) is 5.06. The number of hydrogen-bond acceptors (Lipinski definition) is 5. The maximum absolute atomic E-state index is 12.8. The first kappa shape index (κ1) is 17.7. The van der Waals surface area contributed by atoms with Crippen LogP contribution in [-0.4, -0.2) is 29.1 Å². The molecule has 0 amide bonds. The normalized spacial score (nSPS) is 12.2. The number of nitrogens with one attached hydrogen (secondary N) is 1. The summed E-state index contributed by atoms with van der Waals surface area (Å²) in [7, 11) is 0. The van der Waals surface area contributed by atoms with Gasteiger partial charge in [-0.05, 0) is 6.92 Å². The molecule has 0 fully saturated rings. The summed E-state index contributed by atoms with van der Waals surface area (Å²) in [5, 5.41) is 3.26. The highest BCUT2D eigenvalue weighted by Gasteiger charge is 2.34. The molecule has 0 aliphatic heterocycles. The van der Waals surface area contributed by atoms with Crippen LogP contribution < -0.4 is 5.56 Å². The predicted molar refractivity (Wildman–Crippen MR) is 93.0 cm³/mol. The number of halogens is 4. The number of nitrogens with zero attached hydrogens (tertiary/aromatic N) is 5. The second-order valence-corrected chi connectivity index (χ2v) is 7.22. The van der Waals surface area contributed by atoms with Crippen molar-refractivity contribution in [1.29, 1.82) is 0 Å². The van der Waals surface area contributed by atoms with E-state index in [9.17, 15) is 18.0 Å². The molecule has 4 rings (SSSR count). The van der Waals surface area contributed by atoms with Gasteiger partial charge in [0, 0.05) is 29.4 Å². The Morgan fingerprint density at radius 1 is 1.33 bits per heavy atom. The van der Waals surface area contributed by atoms with E-state index in [1.54, 1.807) is 12.4 Å². The Labute approximate surface area is 158 Å². The second-order valence-electron chi connectivity index (χ2n) is 5.66. The molecule has 7 nitrogen and oxygen atoms in total. The fourth-order valence-corrected chi connectivity index (χ4v) is 3.86. The van der Waals surface area contributed by atoms with E-state index in [-0.39, 0.29) is 23.0 Å². The molecule has 0 spiro atoms. The van der Waals surface area contributed by atoms with Crippen LogP contribution in [0, 0.1) is 6.92 Å². The molecular formula is C15H10ClF3N6OS. The molecule has 0 unspecified atom stereocenters. The quantitative estimate of drug-likeness (QED) is 0.557. The molecule has 0 aromatic carbocycles. The average molecular weight is 415 g/mol. The van der Waals surface area contributed by atoms with Gasteiger partial charge in [-0.25, -0.2) is 19.1 Å². The lowest BCUT2D eigenvalue weighted by Crippen LogP contribution is -2.17. The van der Waals surface area contributed by atoms with Crippen LogP contribution >= 0.6 is 22.9 Å². The van der Waals surface area contributed by atoms with E-state index < -0.39 is 11.9 Å². The SMILES string of the molecule is Cc1sc2nc(Cn3nc(C(F)(F)F)cc3Cl)cc(=O)n2c1-c1ncc[nH]1. The van der Waals surface area contributed by atoms with Gasteiger partial charge in [0.15, 0.2) is 16.5 Å². The van der Waals surface area contributed by atoms with Crippen LogP contribution in [0.5, 0.6) is 0 Å². The van der Waals surface area contributed by atoms with Gasteiger partial charge in [0.05, 0.1) is 12.2 Å². The van der Waals surface area contributed by atoms with E-state index in [4.69, 9.17) is 11.6 Å². The smallest absolute Gasteiger partial charge is 0.343 e. The molecule has 12 heteroatoms. The predicted octanol–water partition coefficient (Wildman–Crippen LogP) is 3.37. The van der Waals surface area contributed by atoms with Crippen molar-refractivity contribution in [2.75, 3.05) is 0 Å². The molecule has 0 atom stereocenters. The third kappa shape index (κ3) is 3.12. The molecule has 0 saturated heterocycles. The van der Waals surface area contributed by atoms with Gasteiger partial charge in [-0.1, -0.05) is 11.6 Å². The topological polar surface area (TPSA) is 80.9 Å². The zero-order valence-electron chi connectivity index (χ0n) is 13.6. The lowest BCUT2D eigenvalue weighted by molar-refractivity contribution is -0.141. The summed E-state index contributed by atoms with van der Waals surface area (Å²) in [6.07, 6.45) is -1.39. The molecule has 0 aliphatic rings. The van der Waals surface area contributed by atoms with Crippen molar-refractivity contribution in [2.45, 2.75) is 19.6 Å². The number of imidazole rings is 1. The molecule has 4 heterocycles. The van der Waals surface area contributed by atoms with Crippen LogP contribution in [0.4, 0.5) is 13.2 Å². The first-order chi connectivity index (χ1) is 12.7. The first-order valence-corrected chi connectivity index (χ1v) is 8.76. The number of H-pyrrole nitrogens is 1. The van der Waals surface area contributed by atoms with E-state index in [1.807, 2.05) is 6.92 Å². The van der Waals surface area contributed by atoms with Gasteiger partial charge in [-0.15, -0.1) is 11.3 Å². The standard InChI is InChI=1S/C15H10ClF3N6OS/c1-7-12(13-20-2-3-21-13)25-11(26)4-8(22-14(25)27-7)6-24-10(16)5-9(23-24)15(17,18)19/h2-5H,6H2,1H3,(H,20,21). The van der Waals surface area contributed by atoms with Gasteiger partial charge in [-0.3, -0.25) is 4.79 Å². The highest BCUT2D eigenvalue weighted by molar-refractivity contribution is 7.17. The lowest BCUT2D eigenvalue weighted by Gasteiger charge is -2.05. The number of aromatic nitrogens is 6. The van der Waals surface area contributed by atoms with Crippen LogP contribution in [0.15, 0.2) is 29.3 Å². The van der Waals surface area contributed by atoms with Crippen LogP contribution in [0.1, 0.15) is 16.3 Å². The molecule has 0 aliphatic carbocycles. The number of thiazole rings is 1.